The summed E-state index contributed by atoms with van der Waals surface area (Å²) in [4.78, 5) is 30.5. The van der Waals surface area contributed by atoms with Crippen LogP contribution in [0.3, 0.4) is 0 Å². The molecule has 0 aliphatic carbocycles. The van der Waals surface area contributed by atoms with Gasteiger partial charge in [-0.25, -0.2) is 0 Å². The van der Waals surface area contributed by atoms with Crippen LogP contribution in [0.2, 0.25) is 0 Å². The molecule has 25 heavy (non-hydrogen) atoms. The lowest BCUT2D eigenvalue weighted by molar-refractivity contribution is -0.137. The second kappa shape index (κ2) is 7.04. The molecule has 2 amide bonds. The van der Waals surface area contributed by atoms with Crippen LogP contribution < -0.4 is 0 Å². The van der Waals surface area contributed by atoms with Gasteiger partial charge in [-0.2, -0.15) is 0 Å². The zero-order valence-corrected chi connectivity index (χ0v) is 14.9. The third kappa shape index (κ3) is 3.23. The van der Waals surface area contributed by atoms with Gasteiger partial charge in [-0.05, 0) is 49.3 Å². The van der Waals surface area contributed by atoms with Crippen molar-refractivity contribution < 1.29 is 14.0 Å². The summed E-state index contributed by atoms with van der Waals surface area (Å²) in [5, 5.41) is 2.08. The predicted molar refractivity (Wildman–Crippen MR) is 95.3 cm³/mol. The molecule has 2 saturated heterocycles. The Morgan fingerprint density at radius 1 is 1.08 bits per heavy atom. The number of furan rings is 1. The number of hydrogen-bond donors (Lipinski definition) is 0. The highest BCUT2D eigenvalue weighted by atomic mass is 32.1. The third-order valence-corrected chi connectivity index (χ3v) is 6.24. The van der Waals surface area contributed by atoms with Gasteiger partial charge < -0.3 is 14.2 Å². The van der Waals surface area contributed by atoms with Gasteiger partial charge >= 0.3 is 0 Å². The van der Waals surface area contributed by atoms with Crippen LogP contribution in [0.25, 0.3) is 0 Å². The first-order valence-electron chi connectivity index (χ1n) is 8.90. The van der Waals surface area contributed by atoms with Crippen molar-refractivity contribution in [2.24, 2.45) is 5.92 Å². The summed E-state index contributed by atoms with van der Waals surface area (Å²) in [7, 11) is 0. The summed E-state index contributed by atoms with van der Waals surface area (Å²) in [5.41, 5.74) is 0. The van der Waals surface area contributed by atoms with E-state index < -0.39 is 0 Å². The molecule has 0 spiro atoms. The van der Waals surface area contributed by atoms with Gasteiger partial charge in [-0.15, -0.1) is 11.3 Å². The van der Waals surface area contributed by atoms with Crippen molar-refractivity contribution in [3.05, 3.63) is 46.5 Å². The van der Waals surface area contributed by atoms with E-state index in [0.29, 0.717) is 18.8 Å². The summed E-state index contributed by atoms with van der Waals surface area (Å²) in [6, 6.07) is 7.85. The minimum Gasteiger partial charge on any atom is -0.459 e. The maximum absolute atomic E-state index is 13.0. The highest BCUT2D eigenvalue weighted by Gasteiger charge is 2.36. The fourth-order valence-corrected chi connectivity index (χ4v) is 4.80. The van der Waals surface area contributed by atoms with E-state index >= 15 is 0 Å². The summed E-state index contributed by atoms with van der Waals surface area (Å²) in [5.74, 6) is 0.595. The quantitative estimate of drug-likeness (QED) is 0.843. The van der Waals surface area contributed by atoms with Gasteiger partial charge in [0.1, 0.15) is 0 Å². The van der Waals surface area contributed by atoms with Crippen LogP contribution in [0.4, 0.5) is 0 Å². The molecule has 1 atom stereocenters. The molecule has 132 valence electrons. The average Bonchev–Trinajstić information content (AvgIpc) is 3.42. The van der Waals surface area contributed by atoms with Gasteiger partial charge in [-0.3, -0.25) is 9.59 Å². The molecule has 0 N–H and O–H groups in total. The number of nitrogens with zero attached hydrogens (tertiary/aromatic N) is 2. The van der Waals surface area contributed by atoms with Crippen molar-refractivity contribution in [1.29, 1.82) is 0 Å². The normalized spacial score (nSPS) is 21.7. The Bertz CT molecular complexity index is 718. The summed E-state index contributed by atoms with van der Waals surface area (Å²) in [6.07, 6.45) is 5.12. The largest absolute Gasteiger partial charge is 0.459 e. The van der Waals surface area contributed by atoms with Gasteiger partial charge in [0.2, 0.25) is 5.91 Å². The van der Waals surface area contributed by atoms with E-state index in [1.807, 2.05) is 0 Å². The van der Waals surface area contributed by atoms with E-state index in [9.17, 15) is 9.59 Å². The Kier molecular flexibility index (Phi) is 4.61. The topological polar surface area (TPSA) is 53.8 Å². The first-order valence-corrected chi connectivity index (χ1v) is 9.78. The first-order chi connectivity index (χ1) is 12.2. The fraction of sp³-hybridized carbons (Fsp3) is 0.474. The number of hydrogen-bond acceptors (Lipinski definition) is 4. The van der Waals surface area contributed by atoms with Crippen LogP contribution >= 0.6 is 11.3 Å². The zero-order valence-electron chi connectivity index (χ0n) is 14.1. The van der Waals surface area contributed by atoms with Crippen LogP contribution in [0.15, 0.2) is 40.3 Å². The molecule has 4 heterocycles. The van der Waals surface area contributed by atoms with Crippen molar-refractivity contribution in [1.82, 2.24) is 9.80 Å². The Morgan fingerprint density at radius 2 is 1.92 bits per heavy atom. The van der Waals surface area contributed by atoms with Gasteiger partial charge in [-0.1, -0.05) is 6.07 Å². The Hall–Kier alpha value is -2.08. The second-order valence-electron chi connectivity index (χ2n) is 6.75. The predicted octanol–water partition coefficient (Wildman–Crippen LogP) is 3.56. The Morgan fingerprint density at radius 3 is 2.60 bits per heavy atom. The molecule has 5 nitrogen and oxygen atoms in total. The molecular weight excluding hydrogens is 336 g/mol. The van der Waals surface area contributed by atoms with E-state index in [2.05, 4.69) is 22.4 Å². The number of carbonyl (C=O) groups is 2. The maximum atomic E-state index is 13.0. The molecule has 0 radical (unpaired) electrons. The lowest BCUT2D eigenvalue weighted by Crippen LogP contribution is -2.44. The summed E-state index contributed by atoms with van der Waals surface area (Å²) < 4.78 is 5.19. The van der Waals surface area contributed by atoms with E-state index in [1.165, 1.54) is 11.1 Å². The van der Waals surface area contributed by atoms with Crippen LogP contribution in [0.1, 0.15) is 47.2 Å². The number of thiophene rings is 1. The highest BCUT2D eigenvalue weighted by Crippen LogP contribution is 2.36. The lowest BCUT2D eigenvalue weighted by atomic mass is 9.94. The van der Waals surface area contributed by atoms with E-state index in [1.54, 1.807) is 28.4 Å². The van der Waals surface area contributed by atoms with Crippen molar-refractivity contribution in [3.63, 3.8) is 0 Å². The number of piperidine rings is 1. The van der Waals surface area contributed by atoms with Crippen LogP contribution in [0.5, 0.6) is 0 Å². The van der Waals surface area contributed by atoms with Crippen LogP contribution in [-0.4, -0.2) is 41.2 Å². The van der Waals surface area contributed by atoms with Crippen molar-refractivity contribution in [2.75, 3.05) is 19.6 Å². The lowest BCUT2D eigenvalue weighted by Gasteiger charge is -2.34. The van der Waals surface area contributed by atoms with E-state index in [4.69, 9.17) is 4.42 Å². The van der Waals surface area contributed by atoms with E-state index in [0.717, 1.165) is 32.2 Å². The number of amides is 2. The van der Waals surface area contributed by atoms with Crippen LogP contribution in [-0.2, 0) is 4.79 Å². The van der Waals surface area contributed by atoms with Crippen molar-refractivity contribution in [3.8, 4) is 0 Å². The monoisotopic (exact) mass is 358 g/mol. The van der Waals surface area contributed by atoms with Gasteiger partial charge in [0, 0.05) is 30.4 Å². The molecule has 0 unspecified atom stereocenters. The maximum Gasteiger partial charge on any atom is 0.289 e. The summed E-state index contributed by atoms with van der Waals surface area (Å²) in [6.45, 7) is 2.09. The molecule has 2 fully saturated rings. The molecule has 2 aromatic rings. The zero-order chi connectivity index (χ0) is 17.2. The first kappa shape index (κ1) is 16.4. The van der Waals surface area contributed by atoms with Crippen molar-refractivity contribution in [2.45, 2.75) is 31.7 Å². The SMILES string of the molecule is O=C(c1ccco1)N1CCC(C(=O)N2CCC[C@@H]2c2cccs2)CC1. The molecule has 0 saturated carbocycles. The average molecular weight is 358 g/mol. The standard InChI is InChI=1S/C19H22N2O3S/c22-18(21-9-1-4-15(21)17-6-3-13-25-17)14-7-10-20(11-8-14)19(23)16-5-2-12-24-16/h2-3,5-6,12-15H,1,4,7-11H2/t15-/m1/s1. The third-order valence-electron chi connectivity index (χ3n) is 5.27. The number of carbonyl (C=O) groups excluding carboxylic acids is 2. The van der Waals surface area contributed by atoms with Gasteiger partial charge in [0.05, 0.1) is 12.3 Å². The second-order valence-corrected chi connectivity index (χ2v) is 7.73. The number of likely N-dealkylation sites (tertiary alicyclic amines) is 2. The molecule has 2 aromatic heterocycles. The fourth-order valence-electron chi connectivity index (χ4n) is 3.93. The molecule has 2 aliphatic rings. The molecule has 0 aromatic carbocycles. The molecule has 4 rings (SSSR count). The van der Waals surface area contributed by atoms with Gasteiger partial charge in [0.15, 0.2) is 5.76 Å². The van der Waals surface area contributed by atoms with Gasteiger partial charge in [0.25, 0.3) is 5.91 Å². The Balaban J connectivity index is 1.37. The molecule has 6 heteroatoms. The van der Waals surface area contributed by atoms with E-state index in [-0.39, 0.29) is 23.8 Å². The smallest absolute Gasteiger partial charge is 0.289 e. The summed E-state index contributed by atoms with van der Waals surface area (Å²) >= 11 is 1.73. The Labute approximate surface area is 151 Å². The minimum atomic E-state index is -0.0754. The van der Waals surface area contributed by atoms with Crippen LogP contribution in [0, 0.1) is 5.92 Å². The molecule has 0 bridgehead atoms. The highest BCUT2D eigenvalue weighted by molar-refractivity contribution is 7.10. The molecule has 2 aliphatic heterocycles. The number of rotatable bonds is 3. The van der Waals surface area contributed by atoms with Crippen molar-refractivity contribution >= 4 is 23.2 Å². The minimum absolute atomic E-state index is 0.0289. The molecular formula is C19H22N2O3S.